The molecular weight excluding hydrogens is 286 g/mol. The Hall–Kier alpha value is -2.49. The summed E-state index contributed by atoms with van der Waals surface area (Å²) in [5.41, 5.74) is 3.73. The lowest BCUT2D eigenvalue weighted by molar-refractivity contribution is 0.340. The first-order valence-corrected chi connectivity index (χ1v) is 8.27. The van der Waals surface area contributed by atoms with Crippen molar-refractivity contribution in [3.8, 4) is 5.75 Å². The van der Waals surface area contributed by atoms with Gasteiger partial charge >= 0.3 is 0 Å². The van der Waals surface area contributed by atoms with Gasteiger partial charge in [0.1, 0.15) is 5.75 Å². The maximum absolute atomic E-state index is 5.68. The molecule has 2 aromatic rings. The highest BCUT2D eigenvalue weighted by molar-refractivity contribution is 6.16. The molecule has 4 nitrogen and oxygen atoms in total. The van der Waals surface area contributed by atoms with Crippen LogP contribution in [0.4, 0.5) is 11.4 Å². The van der Waals surface area contributed by atoms with Crippen LogP contribution in [0.25, 0.3) is 0 Å². The second-order valence-electron chi connectivity index (χ2n) is 5.84. The second kappa shape index (κ2) is 5.95. The molecule has 0 unspecified atom stereocenters. The normalized spacial score (nSPS) is 16.0. The van der Waals surface area contributed by atoms with Crippen LogP contribution in [-0.2, 0) is 6.54 Å². The third-order valence-corrected chi connectivity index (χ3v) is 4.30. The molecule has 0 bridgehead atoms. The quantitative estimate of drug-likeness (QED) is 0.862. The number of hydrogen-bond acceptors (Lipinski definition) is 4. The predicted octanol–water partition coefficient (Wildman–Crippen LogP) is 3.67. The van der Waals surface area contributed by atoms with E-state index in [1.165, 1.54) is 16.9 Å². The van der Waals surface area contributed by atoms with E-state index in [2.05, 4.69) is 58.3 Å². The van der Waals surface area contributed by atoms with Crippen LogP contribution < -0.4 is 14.5 Å². The number of hydrogen-bond donors (Lipinski definition) is 0. The Morgan fingerprint density at radius 3 is 2.78 bits per heavy atom. The zero-order valence-corrected chi connectivity index (χ0v) is 13.4. The first kappa shape index (κ1) is 14.1. The highest BCUT2D eigenvalue weighted by Gasteiger charge is 2.34. The fourth-order valence-electron chi connectivity index (χ4n) is 3.29. The number of nitrogens with zero attached hydrogens (tertiary/aromatic N) is 3. The van der Waals surface area contributed by atoms with Crippen LogP contribution in [0, 0.1) is 0 Å². The maximum Gasteiger partial charge on any atom is 0.206 e. The summed E-state index contributed by atoms with van der Waals surface area (Å²) in [6.07, 6.45) is 1.10. The van der Waals surface area contributed by atoms with E-state index in [4.69, 9.17) is 9.73 Å². The van der Waals surface area contributed by atoms with Crippen molar-refractivity contribution in [3.63, 3.8) is 0 Å². The highest BCUT2D eigenvalue weighted by Crippen LogP contribution is 2.41. The Morgan fingerprint density at radius 2 is 1.96 bits per heavy atom. The molecule has 0 amide bonds. The van der Waals surface area contributed by atoms with E-state index >= 15 is 0 Å². The molecule has 0 N–H and O–H groups in total. The van der Waals surface area contributed by atoms with Gasteiger partial charge < -0.3 is 14.5 Å². The minimum Gasteiger partial charge on any atom is -0.494 e. The van der Waals surface area contributed by atoms with Crippen LogP contribution in [0.2, 0.25) is 0 Å². The van der Waals surface area contributed by atoms with E-state index in [0.29, 0.717) is 6.61 Å². The average Bonchev–Trinajstić information content (AvgIpc) is 2.90. The van der Waals surface area contributed by atoms with Gasteiger partial charge in [0.05, 0.1) is 24.5 Å². The largest absolute Gasteiger partial charge is 0.494 e. The smallest absolute Gasteiger partial charge is 0.206 e. The Bertz CT molecular complexity index is 727. The fraction of sp³-hybridized carbons (Fsp3) is 0.316. The minimum atomic E-state index is 0.688. The Kier molecular flexibility index (Phi) is 3.66. The van der Waals surface area contributed by atoms with Crippen molar-refractivity contribution in [3.05, 3.63) is 54.1 Å². The van der Waals surface area contributed by atoms with Gasteiger partial charge in [0.15, 0.2) is 0 Å². The van der Waals surface area contributed by atoms with Crippen molar-refractivity contribution in [2.24, 2.45) is 4.99 Å². The summed E-state index contributed by atoms with van der Waals surface area (Å²) in [5.74, 6) is 2.00. The molecule has 2 aliphatic heterocycles. The molecule has 4 heteroatoms. The number of benzene rings is 2. The molecule has 4 rings (SSSR count). The molecule has 2 aromatic carbocycles. The van der Waals surface area contributed by atoms with Gasteiger partial charge in [-0.2, -0.15) is 0 Å². The summed E-state index contributed by atoms with van der Waals surface area (Å²) in [4.78, 5) is 9.43. The number of guanidine groups is 1. The lowest BCUT2D eigenvalue weighted by atomic mass is 10.2. The molecule has 0 aromatic heterocycles. The van der Waals surface area contributed by atoms with Gasteiger partial charge in [-0.25, -0.2) is 0 Å². The van der Waals surface area contributed by atoms with Crippen LogP contribution in [-0.4, -0.2) is 25.7 Å². The van der Waals surface area contributed by atoms with Crippen molar-refractivity contribution < 1.29 is 4.74 Å². The maximum atomic E-state index is 5.68. The summed E-state index contributed by atoms with van der Waals surface area (Å²) >= 11 is 0. The molecule has 23 heavy (non-hydrogen) atoms. The number of ether oxygens (including phenoxy) is 1. The lowest BCUT2D eigenvalue weighted by Gasteiger charge is -2.26. The van der Waals surface area contributed by atoms with Gasteiger partial charge in [0.2, 0.25) is 5.96 Å². The fourth-order valence-corrected chi connectivity index (χ4v) is 3.29. The van der Waals surface area contributed by atoms with E-state index in [1.54, 1.807) is 0 Å². The van der Waals surface area contributed by atoms with Crippen LogP contribution in [0.15, 0.2) is 53.5 Å². The van der Waals surface area contributed by atoms with Crippen molar-refractivity contribution in [2.45, 2.75) is 19.9 Å². The monoisotopic (exact) mass is 307 g/mol. The molecule has 0 saturated carbocycles. The second-order valence-corrected chi connectivity index (χ2v) is 5.84. The summed E-state index contributed by atoms with van der Waals surface area (Å²) < 4.78 is 5.68. The van der Waals surface area contributed by atoms with E-state index in [0.717, 1.165) is 37.8 Å². The SMILES string of the molecule is CCOc1ccc2c(c1)N1CCCN=C1N2Cc1ccccc1. The minimum absolute atomic E-state index is 0.688. The zero-order valence-electron chi connectivity index (χ0n) is 13.4. The standard InChI is InChI=1S/C19H21N3O/c1-2-23-16-9-10-17-18(13-16)21-12-6-11-20-19(21)22(17)14-15-7-4-3-5-8-15/h3-5,7-10,13H,2,6,11-12,14H2,1H3. The number of anilines is 2. The molecule has 0 aliphatic carbocycles. The van der Waals surface area contributed by atoms with Crippen molar-refractivity contribution in [1.29, 1.82) is 0 Å². The highest BCUT2D eigenvalue weighted by atomic mass is 16.5. The Morgan fingerprint density at radius 1 is 1.09 bits per heavy atom. The predicted molar refractivity (Wildman–Crippen MR) is 94.5 cm³/mol. The van der Waals surface area contributed by atoms with Gasteiger partial charge in [0.25, 0.3) is 0 Å². The molecule has 0 atom stereocenters. The molecule has 0 radical (unpaired) electrons. The number of aliphatic imine (C=N–C) groups is 1. The summed E-state index contributed by atoms with van der Waals surface area (Å²) in [7, 11) is 0. The van der Waals surface area contributed by atoms with Gasteiger partial charge in [-0.1, -0.05) is 30.3 Å². The average molecular weight is 307 g/mol. The molecule has 0 spiro atoms. The Labute approximate surface area is 137 Å². The third-order valence-electron chi connectivity index (χ3n) is 4.30. The summed E-state index contributed by atoms with van der Waals surface area (Å²) in [6, 6.07) is 16.9. The third kappa shape index (κ3) is 2.54. The van der Waals surface area contributed by atoms with Crippen LogP contribution in [0.3, 0.4) is 0 Å². The first-order chi connectivity index (χ1) is 11.4. The molecular formula is C19H21N3O. The van der Waals surface area contributed by atoms with E-state index < -0.39 is 0 Å². The number of rotatable bonds is 4. The zero-order chi connectivity index (χ0) is 15.6. The van der Waals surface area contributed by atoms with Crippen LogP contribution in [0.5, 0.6) is 5.75 Å². The Balaban J connectivity index is 1.73. The van der Waals surface area contributed by atoms with Gasteiger partial charge in [-0.15, -0.1) is 0 Å². The van der Waals surface area contributed by atoms with Gasteiger partial charge in [0, 0.05) is 19.2 Å². The number of fused-ring (bicyclic) bond motifs is 3. The van der Waals surface area contributed by atoms with Crippen molar-refractivity contribution >= 4 is 17.3 Å². The van der Waals surface area contributed by atoms with Crippen molar-refractivity contribution in [1.82, 2.24) is 0 Å². The van der Waals surface area contributed by atoms with E-state index in [1.807, 2.05) is 6.92 Å². The molecule has 0 saturated heterocycles. The van der Waals surface area contributed by atoms with E-state index in [-0.39, 0.29) is 0 Å². The summed E-state index contributed by atoms with van der Waals surface area (Å²) in [6.45, 7) is 5.48. The molecule has 2 aliphatic rings. The van der Waals surface area contributed by atoms with Crippen LogP contribution >= 0.6 is 0 Å². The molecule has 2 heterocycles. The van der Waals surface area contributed by atoms with E-state index in [9.17, 15) is 0 Å². The first-order valence-electron chi connectivity index (χ1n) is 8.27. The van der Waals surface area contributed by atoms with Gasteiger partial charge in [-0.05, 0) is 31.0 Å². The van der Waals surface area contributed by atoms with Gasteiger partial charge in [-0.3, -0.25) is 4.99 Å². The van der Waals surface area contributed by atoms with Crippen molar-refractivity contribution in [2.75, 3.05) is 29.5 Å². The summed E-state index contributed by atoms with van der Waals surface area (Å²) in [5, 5.41) is 0. The molecule has 0 fully saturated rings. The lowest BCUT2D eigenvalue weighted by Crippen LogP contribution is -2.41. The topological polar surface area (TPSA) is 28.1 Å². The van der Waals surface area contributed by atoms with Crippen LogP contribution in [0.1, 0.15) is 18.9 Å². The molecule has 118 valence electrons.